The molecule has 56 heavy (non-hydrogen) atoms. The standard InChI is InChI=1S/C27H36O3.C23H28O3/c1-17(2)23-13-21(20-9-8-19-10-11-29-16-22(19)12-20)14-24(18(3)4)25(23)15-26(28)30-27(5,6)7;1-14(2)20-10-18(11-21(15(3)4)22(20)12-23(24)25)17-6-5-16-7-8-26-13-19(16)9-17/h8-9,12-14,17-18H,10-11,15-16H2,1-7H3;5-6,9-11,14-15H,7-8,12-13H2,1-4H3,(H,24,25). The van der Waals surface area contributed by atoms with E-state index in [-0.39, 0.29) is 24.2 Å². The lowest BCUT2D eigenvalue weighted by Gasteiger charge is -2.24. The molecule has 0 unspecified atom stereocenters. The number of aliphatic carboxylic acids is 1. The van der Waals surface area contributed by atoms with E-state index in [0.717, 1.165) is 48.3 Å². The van der Waals surface area contributed by atoms with E-state index in [4.69, 9.17) is 14.2 Å². The number of esters is 1. The lowest BCUT2D eigenvalue weighted by molar-refractivity contribution is -0.154. The average Bonchev–Trinajstić information content (AvgIpc) is 3.13. The minimum atomic E-state index is -0.771. The Hall–Kier alpha value is -4.26. The van der Waals surface area contributed by atoms with Gasteiger partial charge in [-0.1, -0.05) is 104 Å². The summed E-state index contributed by atoms with van der Waals surface area (Å²) in [7, 11) is 0. The third kappa shape index (κ3) is 10.8. The van der Waals surface area contributed by atoms with Crippen LogP contribution in [-0.4, -0.2) is 35.9 Å². The van der Waals surface area contributed by atoms with Crippen LogP contribution in [0.1, 0.15) is 155 Å². The van der Waals surface area contributed by atoms with Gasteiger partial charge in [-0.15, -0.1) is 0 Å². The van der Waals surface area contributed by atoms with E-state index in [2.05, 4.69) is 116 Å². The molecular weight excluding hydrogens is 697 g/mol. The first-order valence-corrected chi connectivity index (χ1v) is 20.6. The number of carboxylic acids is 1. The summed E-state index contributed by atoms with van der Waals surface area (Å²) < 4.78 is 16.9. The third-order valence-corrected chi connectivity index (χ3v) is 10.8. The van der Waals surface area contributed by atoms with Crippen molar-refractivity contribution in [2.75, 3.05) is 13.2 Å². The number of carbonyl (C=O) groups is 2. The van der Waals surface area contributed by atoms with E-state index in [1.54, 1.807) is 0 Å². The number of benzene rings is 4. The van der Waals surface area contributed by atoms with Crippen molar-refractivity contribution in [3.8, 4) is 22.3 Å². The van der Waals surface area contributed by atoms with Crippen LogP contribution in [0.4, 0.5) is 0 Å². The SMILES string of the molecule is CC(C)c1cc(-c2ccc3c(c2)COCC3)cc(C(C)C)c1CC(=O)O.CC(C)c1cc(-c2ccc3c(c2)COCC3)cc(C(C)C)c1CC(=O)OC(C)(C)C. The highest BCUT2D eigenvalue weighted by molar-refractivity contribution is 5.77. The molecule has 0 amide bonds. The molecule has 4 aromatic carbocycles. The molecule has 0 spiro atoms. The fourth-order valence-corrected chi connectivity index (χ4v) is 8.01. The minimum Gasteiger partial charge on any atom is -0.481 e. The molecule has 2 heterocycles. The van der Waals surface area contributed by atoms with Gasteiger partial charge >= 0.3 is 11.9 Å². The van der Waals surface area contributed by atoms with Crippen molar-refractivity contribution in [3.63, 3.8) is 0 Å². The van der Waals surface area contributed by atoms with Gasteiger partial charge in [0.1, 0.15) is 5.60 Å². The van der Waals surface area contributed by atoms with Gasteiger partial charge in [-0.05, 0) is 147 Å². The maximum absolute atomic E-state index is 12.7. The maximum Gasteiger partial charge on any atom is 0.310 e. The summed E-state index contributed by atoms with van der Waals surface area (Å²) in [5.74, 6) is 0.268. The second kappa shape index (κ2) is 18.3. The summed E-state index contributed by atoms with van der Waals surface area (Å²) in [6.07, 6.45) is 2.36. The van der Waals surface area contributed by atoms with Crippen LogP contribution >= 0.6 is 0 Å². The molecular formula is C50H64O6. The largest absolute Gasteiger partial charge is 0.481 e. The molecule has 0 aliphatic carbocycles. The fraction of sp³-hybridized carbons (Fsp3) is 0.480. The maximum atomic E-state index is 12.7. The predicted molar refractivity (Wildman–Crippen MR) is 228 cm³/mol. The molecule has 6 heteroatoms. The monoisotopic (exact) mass is 760 g/mol. The van der Waals surface area contributed by atoms with Crippen LogP contribution in [0.3, 0.4) is 0 Å². The average molecular weight is 761 g/mol. The van der Waals surface area contributed by atoms with E-state index < -0.39 is 11.6 Å². The first kappa shape index (κ1) is 42.9. The summed E-state index contributed by atoms with van der Waals surface area (Å²) >= 11 is 0. The fourth-order valence-electron chi connectivity index (χ4n) is 8.01. The number of carboxylic acid groups (broad SMARTS) is 1. The molecule has 2 aliphatic rings. The summed E-state index contributed by atoms with van der Waals surface area (Å²) in [6, 6.07) is 22.3. The second-order valence-electron chi connectivity index (χ2n) is 17.8. The lowest BCUT2D eigenvalue weighted by atomic mass is 9.83. The smallest absolute Gasteiger partial charge is 0.310 e. The highest BCUT2D eigenvalue weighted by Crippen LogP contribution is 2.37. The van der Waals surface area contributed by atoms with Crippen LogP contribution in [0, 0.1) is 0 Å². The van der Waals surface area contributed by atoms with Gasteiger partial charge in [0.15, 0.2) is 0 Å². The van der Waals surface area contributed by atoms with Gasteiger partial charge in [-0.3, -0.25) is 9.59 Å². The molecule has 300 valence electrons. The van der Waals surface area contributed by atoms with Crippen LogP contribution < -0.4 is 0 Å². The van der Waals surface area contributed by atoms with E-state index in [0.29, 0.717) is 31.5 Å². The first-order chi connectivity index (χ1) is 26.4. The van der Waals surface area contributed by atoms with Crippen LogP contribution in [0.25, 0.3) is 22.3 Å². The van der Waals surface area contributed by atoms with Gasteiger partial charge in [0, 0.05) is 0 Å². The van der Waals surface area contributed by atoms with Crippen molar-refractivity contribution in [1.29, 1.82) is 0 Å². The number of hydrogen-bond donors (Lipinski definition) is 1. The Labute approximate surface area is 336 Å². The Bertz CT molecular complexity index is 1970. The van der Waals surface area contributed by atoms with Crippen LogP contribution in [0.5, 0.6) is 0 Å². The van der Waals surface area contributed by atoms with Gasteiger partial charge in [0.05, 0.1) is 39.3 Å². The Balaban J connectivity index is 0.000000216. The van der Waals surface area contributed by atoms with Crippen molar-refractivity contribution < 1.29 is 28.9 Å². The molecule has 6 nitrogen and oxygen atoms in total. The van der Waals surface area contributed by atoms with E-state index in [9.17, 15) is 14.7 Å². The summed E-state index contributed by atoms with van der Waals surface area (Å²) in [4.78, 5) is 24.1. The molecule has 0 aromatic heterocycles. The molecule has 1 N–H and O–H groups in total. The van der Waals surface area contributed by atoms with Gasteiger partial charge in [0.25, 0.3) is 0 Å². The van der Waals surface area contributed by atoms with Gasteiger partial charge in [-0.25, -0.2) is 0 Å². The topological polar surface area (TPSA) is 82.1 Å². The Morgan fingerprint density at radius 1 is 0.571 bits per heavy atom. The zero-order valence-electron chi connectivity index (χ0n) is 35.7. The second-order valence-corrected chi connectivity index (χ2v) is 17.8. The number of hydrogen-bond acceptors (Lipinski definition) is 5. The number of fused-ring (bicyclic) bond motifs is 2. The quantitative estimate of drug-likeness (QED) is 0.162. The Morgan fingerprint density at radius 3 is 1.29 bits per heavy atom. The van der Waals surface area contributed by atoms with Gasteiger partial charge in [-0.2, -0.15) is 0 Å². The van der Waals surface area contributed by atoms with Crippen molar-refractivity contribution in [1.82, 2.24) is 0 Å². The van der Waals surface area contributed by atoms with E-state index in [1.165, 1.54) is 55.6 Å². The predicted octanol–water partition coefficient (Wildman–Crippen LogP) is 11.9. The Kier molecular flexibility index (Phi) is 14.0. The summed E-state index contributed by atoms with van der Waals surface area (Å²) in [5.41, 5.74) is 16.5. The minimum absolute atomic E-state index is 0.0827. The van der Waals surface area contributed by atoms with Crippen molar-refractivity contribution >= 4 is 11.9 Å². The van der Waals surface area contributed by atoms with Crippen molar-refractivity contribution in [3.05, 3.63) is 116 Å². The molecule has 0 bridgehead atoms. The number of carbonyl (C=O) groups excluding carboxylic acids is 1. The van der Waals surface area contributed by atoms with Crippen LogP contribution in [-0.2, 0) is 62.7 Å². The highest BCUT2D eigenvalue weighted by Gasteiger charge is 2.24. The van der Waals surface area contributed by atoms with Crippen LogP contribution in [0.15, 0.2) is 60.7 Å². The molecule has 0 saturated carbocycles. The number of rotatable bonds is 10. The van der Waals surface area contributed by atoms with E-state index >= 15 is 0 Å². The molecule has 0 atom stereocenters. The third-order valence-electron chi connectivity index (χ3n) is 10.8. The molecule has 4 aromatic rings. The molecule has 0 fully saturated rings. The lowest BCUT2D eigenvalue weighted by Crippen LogP contribution is -2.25. The zero-order chi connectivity index (χ0) is 40.9. The molecule has 2 aliphatic heterocycles. The highest BCUT2D eigenvalue weighted by atomic mass is 16.6. The van der Waals surface area contributed by atoms with E-state index in [1.807, 2.05) is 20.8 Å². The van der Waals surface area contributed by atoms with Crippen molar-refractivity contribution in [2.45, 2.75) is 144 Å². The van der Waals surface area contributed by atoms with Crippen molar-refractivity contribution in [2.24, 2.45) is 0 Å². The first-order valence-electron chi connectivity index (χ1n) is 20.6. The summed E-state index contributed by atoms with van der Waals surface area (Å²) in [5, 5.41) is 9.38. The number of ether oxygens (including phenoxy) is 3. The summed E-state index contributed by atoms with van der Waals surface area (Å²) in [6.45, 7) is 26.0. The van der Waals surface area contributed by atoms with Gasteiger partial charge < -0.3 is 19.3 Å². The molecule has 6 rings (SSSR count). The molecule has 0 saturated heterocycles. The van der Waals surface area contributed by atoms with Gasteiger partial charge in [0.2, 0.25) is 0 Å². The zero-order valence-corrected chi connectivity index (χ0v) is 35.7. The van der Waals surface area contributed by atoms with Crippen LogP contribution in [0.2, 0.25) is 0 Å². The molecule has 0 radical (unpaired) electrons. The Morgan fingerprint density at radius 2 is 0.946 bits per heavy atom. The normalized spacial score (nSPS) is 14.1.